The van der Waals surface area contributed by atoms with Crippen molar-refractivity contribution in [2.24, 2.45) is 7.05 Å². The maximum Gasteiger partial charge on any atom is 0.435 e. The number of carbonyl (C=O) groups is 1. The highest BCUT2D eigenvalue weighted by Gasteiger charge is 2.35. The van der Waals surface area contributed by atoms with Crippen molar-refractivity contribution in [1.29, 1.82) is 0 Å². The van der Waals surface area contributed by atoms with Crippen molar-refractivity contribution in [2.75, 3.05) is 5.32 Å². The minimum atomic E-state index is -4.66. The second kappa shape index (κ2) is 6.58. The van der Waals surface area contributed by atoms with E-state index in [1.807, 2.05) is 0 Å². The van der Waals surface area contributed by atoms with Crippen LogP contribution in [0, 0.1) is 5.82 Å². The fraction of sp³-hybridized carbons (Fsp3) is 0.200. The highest BCUT2D eigenvalue weighted by atomic mass is 19.4. The largest absolute Gasteiger partial charge is 0.435 e. The predicted molar refractivity (Wildman–Crippen MR) is 81.7 cm³/mol. The molecular weight excluding hydrogens is 356 g/mol. The maximum atomic E-state index is 13.6. The van der Waals surface area contributed by atoms with Gasteiger partial charge in [0, 0.05) is 18.7 Å². The van der Waals surface area contributed by atoms with Crippen molar-refractivity contribution in [3.8, 4) is 0 Å². The number of carbonyl (C=O) groups excluding carboxylic acids is 1. The number of amides is 1. The molecule has 0 bridgehead atoms. The van der Waals surface area contributed by atoms with Crippen LogP contribution in [0.1, 0.15) is 21.7 Å². The molecule has 1 aromatic carbocycles. The molecule has 3 rings (SSSR count). The second-order valence-corrected chi connectivity index (χ2v) is 5.35. The van der Waals surface area contributed by atoms with E-state index in [4.69, 9.17) is 0 Å². The number of anilines is 1. The molecule has 0 radical (unpaired) electrons. The summed E-state index contributed by atoms with van der Waals surface area (Å²) in [6.07, 6.45) is -3.39. The van der Waals surface area contributed by atoms with E-state index in [0.717, 1.165) is 4.68 Å². The molecular formula is C15H12F4N6O. The van der Waals surface area contributed by atoms with Gasteiger partial charge in [0.2, 0.25) is 5.95 Å². The molecule has 2 aromatic heterocycles. The summed E-state index contributed by atoms with van der Waals surface area (Å²) >= 11 is 0. The van der Waals surface area contributed by atoms with Crippen molar-refractivity contribution in [2.45, 2.75) is 12.7 Å². The van der Waals surface area contributed by atoms with Gasteiger partial charge in [-0.15, -0.1) is 5.10 Å². The van der Waals surface area contributed by atoms with Crippen LogP contribution in [0.5, 0.6) is 0 Å². The average Bonchev–Trinajstić information content (AvgIpc) is 3.16. The first-order valence-electron chi connectivity index (χ1n) is 7.29. The van der Waals surface area contributed by atoms with Crippen molar-refractivity contribution < 1.29 is 22.4 Å². The molecule has 0 aliphatic heterocycles. The molecule has 3 aromatic rings. The molecule has 136 valence electrons. The molecule has 0 saturated heterocycles. The third-order valence-corrected chi connectivity index (χ3v) is 3.45. The fourth-order valence-corrected chi connectivity index (χ4v) is 2.21. The lowest BCUT2D eigenvalue weighted by Gasteiger charge is -2.03. The number of halogens is 4. The SMILES string of the molecule is Cn1nc(C(F)(F)F)cc1C(=O)Nc1ncn(Cc2ccccc2F)n1. The summed E-state index contributed by atoms with van der Waals surface area (Å²) < 4.78 is 53.7. The van der Waals surface area contributed by atoms with Crippen molar-refractivity contribution in [3.63, 3.8) is 0 Å². The number of rotatable bonds is 4. The maximum absolute atomic E-state index is 13.6. The van der Waals surface area contributed by atoms with Gasteiger partial charge in [-0.05, 0) is 6.07 Å². The first-order valence-corrected chi connectivity index (χ1v) is 7.29. The molecule has 0 spiro atoms. The highest BCUT2D eigenvalue weighted by molar-refractivity contribution is 6.02. The van der Waals surface area contributed by atoms with Gasteiger partial charge in [0.15, 0.2) is 5.69 Å². The molecule has 0 saturated carbocycles. The van der Waals surface area contributed by atoms with E-state index in [-0.39, 0.29) is 18.2 Å². The van der Waals surface area contributed by atoms with E-state index < -0.39 is 23.6 Å². The standard InChI is InChI=1S/C15H12F4N6O/c1-24-11(6-12(22-24)15(17,18)19)13(26)21-14-20-8-25(23-14)7-9-4-2-3-5-10(9)16/h2-6,8H,7H2,1H3,(H,21,23,26). The molecule has 11 heteroatoms. The van der Waals surface area contributed by atoms with Gasteiger partial charge in [-0.1, -0.05) is 18.2 Å². The van der Waals surface area contributed by atoms with E-state index in [0.29, 0.717) is 11.6 Å². The highest BCUT2D eigenvalue weighted by Crippen LogP contribution is 2.28. The summed E-state index contributed by atoms with van der Waals surface area (Å²) in [5.41, 5.74) is -1.11. The lowest BCUT2D eigenvalue weighted by molar-refractivity contribution is -0.141. The molecule has 0 aliphatic rings. The van der Waals surface area contributed by atoms with E-state index in [1.165, 1.54) is 24.1 Å². The van der Waals surface area contributed by atoms with Crippen molar-refractivity contribution in [3.05, 3.63) is 59.4 Å². The number of benzene rings is 1. The molecule has 1 amide bonds. The minimum absolute atomic E-state index is 0.0828. The molecule has 1 N–H and O–H groups in total. The zero-order chi connectivity index (χ0) is 18.9. The van der Waals surface area contributed by atoms with Crippen LogP contribution in [0.4, 0.5) is 23.5 Å². The van der Waals surface area contributed by atoms with Crippen LogP contribution in [-0.4, -0.2) is 30.5 Å². The van der Waals surface area contributed by atoms with Crippen LogP contribution >= 0.6 is 0 Å². The van der Waals surface area contributed by atoms with Gasteiger partial charge >= 0.3 is 6.18 Å². The zero-order valence-corrected chi connectivity index (χ0v) is 13.3. The summed E-state index contributed by atoms with van der Waals surface area (Å²) in [6, 6.07) is 6.72. The number of aryl methyl sites for hydroxylation is 1. The Kier molecular flexibility index (Phi) is 4.45. The third kappa shape index (κ3) is 3.71. The van der Waals surface area contributed by atoms with Crippen LogP contribution in [0.25, 0.3) is 0 Å². The first-order chi connectivity index (χ1) is 12.2. The Bertz CT molecular complexity index is 946. The quantitative estimate of drug-likeness (QED) is 0.718. The number of alkyl halides is 3. The number of aromatic nitrogens is 5. The van der Waals surface area contributed by atoms with Crippen LogP contribution in [-0.2, 0) is 19.8 Å². The molecule has 0 fully saturated rings. The second-order valence-electron chi connectivity index (χ2n) is 5.35. The summed E-state index contributed by atoms with van der Waals surface area (Å²) in [7, 11) is 1.22. The topological polar surface area (TPSA) is 77.6 Å². The Hall–Kier alpha value is -3.24. The number of nitrogens with one attached hydrogen (secondary N) is 1. The minimum Gasteiger partial charge on any atom is -0.288 e. The monoisotopic (exact) mass is 368 g/mol. The number of hydrogen-bond acceptors (Lipinski definition) is 4. The van der Waals surface area contributed by atoms with Gasteiger partial charge in [-0.25, -0.2) is 14.1 Å². The molecule has 0 atom stereocenters. The Balaban J connectivity index is 1.72. The Morgan fingerprint density at radius 2 is 1.96 bits per heavy atom. The van der Waals surface area contributed by atoms with E-state index in [1.54, 1.807) is 18.2 Å². The van der Waals surface area contributed by atoms with E-state index >= 15 is 0 Å². The van der Waals surface area contributed by atoms with Crippen LogP contribution in [0.3, 0.4) is 0 Å². The Labute approximate surface area is 144 Å². The fourth-order valence-electron chi connectivity index (χ4n) is 2.21. The van der Waals surface area contributed by atoms with Crippen molar-refractivity contribution >= 4 is 11.9 Å². The van der Waals surface area contributed by atoms with Crippen LogP contribution in [0.15, 0.2) is 36.7 Å². The summed E-state index contributed by atoms with van der Waals surface area (Å²) in [5, 5.41) is 9.49. The molecule has 26 heavy (non-hydrogen) atoms. The van der Waals surface area contributed by atoms with Gasteiger partial charge in [0.25, 0.3) is 5.91 Å². The zero-order valence-electron chi connectivity index (χ0n) is 13.3. The van der Waals surface area contributed by atoms with Gasteiger partial charge in [0.1, 0.15) is 17.8 Å². The molecule has 0 unspecified atom stereocenters. The van der Waals surface area contributed by atoms with Crippen LogP contribution in [0.2, 0.25) is 0 Å². The lowest BCUT2D eigenvalue weighted by Crippen LogP contribution is -2.17. The van der Waals surface area contributed by atoms with Crippen LogP contribution < -0.4 is 5.32 Å². The number of nitrogens with zero attached hydrogens (tertiary/aromatic N) is 5. The van der Waals surface area contributed by atoms with Gasteiger partial charge < -0.3 is 0 Å². The normalized spacial score (nSPS) is 11.6. The predicted octanol–water partition coefficient (Wildman–Crippen LogP) is 2.47. The smallest absolute Gasteiger partial charge is 0.288 e. The molecule has 7 nitrogen and oxygen atoms in total. The third-order valence-electron chi connectivity index (χ3n) is 3.45. The van der Waals surface area contributed by atoms with E-state index in [2.05, 4.69) is 20.5 Å². The lowest BCUT2D eigenvalue weighted by atomic mass is 10.2. The first kappa shape index (κ1) is 17.6. The van der Waals surface area contributed by atoms with Gasteiger partial charge in [0.05, 0.1) is 6.54 Å². The Morgan fingerprint density at radius 3 is 2.62 bits per heavy atom. The Morgan fingerprint density at radius 1 is 1.23 bits per heavy atom. The van der Waals surface area contributed by atoms with Gasteiger partial charge in [-0.3, -0.25) is 14.8 Å². The summed E-state index contributed by atoms with van der Waals surface area (Å²) in [6.45, 7) is 0.0828. The number of hydrogen-bond donors (Lipinski definition) is 1. The average molecular weight is 368 g/mol. The summed E-state index contributed by atoms with van der Waals surface area (Å²) in [5.74, 6) is -1.39. The molecule has 2 heterocycles. The molecule has 0 aliphatic carbocycles. The van der Waals surface area contributed by atoms with Crippen molar-refractivity contribution in [1.82, 2.24) is 24.5 Å². The van der Waals surface area contributed by atoms with Gasteiger partial charge in [-0.2, -0.15) is 18.3 Å². The van der Waals surface area contributed by atoms with E-state index in [9.17, 15) is 22.4 Å². The summed E-state index contributed by atoms with van der Waals surface area (Å²) in [4.78, 5) is 15.9.